The van der Waals surface area contributed by atoms with E-state index in [1.54, 1.807) is 29.2 Å². The summed E-state index contributed by atoms with van der Waals surface area (Å²) in [6.07, 6.45) is 1.27. The number of hydrogen-bond acceptors (Lipinski definition) is 3. The summed E-state index contributed by atoms with van der Waals surface area (Å²) in [5, 5.41) is 12.3. The first kappa shape index (κ1) is 18.6. The molecule has 140 valence electrons. The molecule has 2 N–H and O–H groups in total. The molecule has 1 aliphatic heterocycles. The molecular weight excluding hydrogens is 344 g/mol. The van der Waals surface area contributed by atoms with Gasteiger partial charge in [-0.05, 0) is 44.0 Å². The maximum atomic E-state index is 12.7. The Balaban J connectivity index is 1.59. The van der Waals surface area contributed by atoms with Crippen molar-refractivity contribution in [3.63, 3.8) is 0 Å². The number of carboxylic acids is 1. The predicted molar refractivity (Wildman–Crippen MR) is 101 cm³/mol. The third kappa shape index (κ3) is 4.34. The Labute approximate surface area is 157 Å². The molecule has 27 heavy (non-hydrogen) atoms. The van der Waals surface area contributed by atoms with Crippen molar-refractivity contribution >= 4 is 17.8 Å². The van der Waals surface area contributed by atoms with E-state index in [0.717, 1.165) is 5.56 Å². The van der Waals surface area contributed by atoms with E-state index in [1.165, 1.54) is 12.1 Å². The molecule has 0 aromatic heterocycles. The Hall–Kier alpha value is -3.15. The number of hydrogen-bond donors (Lipinski definition) is 2. The number of likely N-dealkylation sites (tertiary alicyclic amines) is 1. The Kier molecular flexibility index (Phi) is 5.54. The molecule has 0 spiro atoms. The number of rotatable bonds is 4. The molecule has 0 radical (unpaired) electrons. The molecule has 0 bridgehead atoms. The van der Waals surface area contributed by atoms with Crippen LogP contribution >= 0.6 is 0 Å². The second-order valence-electron chi connectivity index (χ2n) is 6.76. The first-order valence-electron chi connectivity index (χ1n) is 8.95. The normalized spacial score (nSPS) is 14.6. The monoisotopic (exact) mass is 366 g/mol. The van der Waals surface area contributed by atoms with Gasteiger partial charge in [0.2, 0.25) is 0 Å². The third-order valence-electron chi connectivity index (χ3n) is 4.82. The van der Waals surface area contributed by atoms with E-state index in [9.17, 15) is 19.5 Å². The lowest BCUT2D eigenvalue weighted by molar-refractivity contribution is 0.0654. The first-order valence-corrected chi connectivity index (χ1v) is 8.95. The molecule has 1 fully saturated rings. The smallest absolute Gasteiger partial charge is 0.336 e. The molecular formula is C21H22N2O4. The van der Waals surface area contributed by atoms with Gasteiger partial charge in [-0.15, -0.1) is 0 Å². The molecule has 0 atom stereocenters. The number of carbonyl (C=O) groups excluding carboxylic acids is 2. The van der Waals surface area contributed by atoms with Crippen LogP contribution in [0.5, 0.6) is 0 Å². The minimum absolute atomic E-state index is 0.00225. The van der Waals surface area contributed by atoms with Gasteiger partial charge in [0.15, 0.2) is 0 Å². The lowest BCUT2D eigenvalue weighted by Crippen LogP contribution is -2.46. The Bertz CT molecular complexity index is 853. The standard InChI is InChI=1S/C21H22N2O4/c1-14-6-8-15(9-7-14)19(24)22-16-10-12-23(13-11-16)20(25)17-4-2-3-5-18(17)21(26)27/h2-9,16H,10-13H2,1H3,(H,22,24)(H,26,27). The summed E-state index contributed by atoms with van der Waals surface area (Å²) in [5.74, 6) is -1.51. The summed E-state index contributed by atoms with van der Waals surface area (Å²) < 4.78 is 0. The number of amides is 2. The van der Waals surface area contributed by atoms with E-state index < -0.39 is 5.97 Å². The van der Waals surface area contributed by atoms with Gasteiger partial charge in [0.25, 0.3) is 11.8 Å². The molecule has 2 amide bonds. The highest BCUT2D eigenvalue weighted by Crippen LogP contribution is 2.17. The second kappa shape index (κ2) is 8.03. The molecule has 0 aliphatic carbocycles. The number of nitrogens with one attached hydrogen (secondary N) is 1. The average molecular weight is 366 g/mol. The van der Waals surface area contributed by atoms with Gasteiger partial charge in [-0.1, -0.05) is 29.8 Å². The summed E-state index contributed by atoms with van der Waals surface area (Å²) in [6.45, 7) is 2.92. The van der Waals surface area contributed by atoms with Gasteiger partial charge in [0.05, 0.1) is 11.1 Å². The summed E-state index contributed by atoms with van der Waals surface area (Å²) in [5.41, 5.74) is 1.93. The highest BCUT2D eigenvalue weighted by Gasteiger charge is 2.27. The Morgan fingerprint density at radius 3 is 2.15 bits per heavy atom. The fourth-order valence-corrected chi connectivity index (χ4v) is 3.23. The van der Waals surface area contributed by atoms with Crippen LogP contribution in [0.15, 0.2) is 48.5 Å². The highest BCUT2D eigenvalue weighted by molar-refractivity contribution is 6.04. The van der Waals surface area contributed by atoms with Crippen LogP contribution < -0.4 is 5.32 Å². The Morgan fingerprint density at radius 2 is 1.56 bits per heavy atom. The number of aryl methyl sites for hydroxylation is 1. The first-order chi connectivity index (χ1) is 13.0. The van der Waals surface area contributed by atoms with Crippen molar-refractivity contribution in [1.82, 2.24) is 10.2 Å². The van der Waals surface area contributed by atoms with Crippen LogP contribution in [0.3, 0.4) is 0 Å². The summed E-state index contributed by atoms with van der Waals surface area (Å²) >= 11 is 0. The lowest BCUT2D eigenvalue weighted by Gasteiger charge is -2.32. The van der Waals surface area contributed by atoms with Gasteiger partial charge in [0, 0.05) is 24.7 Å². The van der Waals surface area contributed by atoms with Gasteiger partial charge in [-0.2, -0.15) is 0 Å². The fourth-order valence-electron chi connectivity index (χ4n) is 3.23. The summed E-state index contributed by atoms with van der Waals surface area (Å²) in [6, 6.07) is 13.6. The maximum absolute atomic E-state index is 12.7. The van der Waals surface area contributed by atoms with Crippen LogP contribution in [-0.2, 0) is 0 Å². The zero-order valence-corrected chi connectivity index (χ0v) is 15.1. The van der Waals surface area contributed by atoms with Crippen LogP contribution in [-0.4, -0.2) is 46.9 Å². The van der Waals surface area contributed by atoms with E-state index >= 15 is 0 Å². The van der Waals surface area contributed by atoms with Crippen molar-refractivity contribution in [2.45, 2.75) is 25.8 Å². The summed E-state index contributed by atoms with van der Waals surface area (Å²) in [4.78, 5) is 38.0. The summed E-state index contributed by atoms with van der Waals surface area (Å²) in [7, 11) is 0. The maximum Gasteiger partial charge on any atom is 0.336 e. The van der Waals surface area contributed by atoms with Gasteiger partial charge >= 0.3 is 5.97 Å². The highest BCUT2D eigenvalue weighted by atomic mass is 16.4. The fraction of sp³-hybridized carbons (Fsp3) is 0.286. The predicted octanol–water partition coefficient (Wildman–Crippen LogP) is 2.73. The minimum Gasteiger partial charge on any atom is -0.478 e. The van der Waals surface area contributed by atoms with E-state index in [-0.39, 0.29) is 29.0 Å². The number of aromatic carboxylic acids is 1. The zero-order chi connectivity index (χ0) is 19.4. The van der Waals surface area contributed by atoms with Gasteiger partial charge < -0.3 is 15.3 Å². The van der Waals surface area contributed by atoms with Gasteiger partial charge in [-0.25, -0.2) is 4.79 Å². The third-order valence-corrected chi connectivity index (χ3v) is 4.82. The van der Waals surface area contributed by atoms with Gasteiger partial charge in [-0.3, -0.25) is 9.59 Å². The molecule has 1 saturated heterocycles. The molecule has 2 aromatic carbocycles. The van der Waals surface area contributed by atoms with Crippen LogP contribution in [0.1, 0.15) is 49.5 Å². The van der Waals surface area contributed by atoms with Crippen LogP contribution in [0.25, 0.3) is 0 Å². The number of carbonyl (C=O) groups is 3. The van der Waals surface area contributed by atoms with Crippen molar-refractivity contribution in [2.75, 3.05) is 13.1 Å². The molecule has 6 nitrogen and oxygen atoms in total. The number of benzene rings is 2. The largest absolute Gasteiger partial charge is 0.478 e. The molecule has 6 heteroatoms. The van der Waals surface area contributed by atoms with Crippen molar-refractivity contribution < 1.29 is 19.5 Å². The van der Waals surface area contributed by atoms with Crippen LogP contribution in [0, 0.1) is 6.92 Å². The number of nitrogens with zero attached hydrogens (tertiary/aromatic N) is 1. The van der Waals surface area contributed by atoms with E-state index in [2.05, 4.69) is 5.32 Å². The van der Waals surface area contributed by atoms with Gasteiger partial charge in [0.1, 0.15) is 0 Å². The SMILES string of the molecule is Cc1ccc(C(=O)NC2CCN(C(=O)c3ccccc3C(=O)O)CC2)cc1. The van der Waals surface area contributed by atoms with Crippen LogP contribution in [0.4, 0.5) is 0 Å². The van der Waals surface area contributed by atoms with Crippen molar-refractivity contribution in [1.29, 1.82) is 0 Å². The molecule has 3 rings (SSSR count). The van der Waals surface area contributed by atoms with Crippen molar-refractivity contribution in [3.05, 3.63) is 70.8 Å². The van der Waals surface area contributed by atoms with Crippen LogP contribution in [0.2, 0.25) is 0 Å². The zero-order valence-electron chi connectivity index (χ0n) is 15.1. The Morgan fingerprint density at radius 1 is 0.963 bits per heavy atom. The second-order valence-corrected chi connectivity index (χ2v) is 6.76. The van der Waals surface area contributed by atoms with E-state index in [1.807, 2.05) is 19.1 Å². The van der Waals surface area contributed by atoms with E-state index in [4.69, 9.17) is 0 Å². The molecule has 1 heterocycles. The number of piperidine rings is 1. The quantitative estimate of drug-likeness (QED) is 0.871. The molecule has 2 aromatic rings. The minimum atomic E-state index is -1.11. The number of carboxylic acid groups (broad SMARTS) is 1. The average Bonchev–Trinajstić information content (AvgIpc) is 2.68. The lowest BCUT2D eigenvalue weighted by atomic mass is 10.0. The molecule has 1 aliphatic rings. The van der Waals surface area contributed by atoms with E-state index in [0.29, 0.717) is 31.5 Å². The molecule has 0 saturated carbocycles. The van der Waals surface area contributed by atoms with Crippen molar-refractivity contribution in [3.8, 4) is 0 Å². The molecule has 0 unspecified atom stereocenters. The van der Waals surface area contributed by atoms with Crippen molar-refractivity contribution in [2.24, 2.45) is 0 Å². The topological polar surface area (TPSA) is 86.7 Å².